The Morgan fingerprint density at radius 2 is 2.14 bits per heavy atom. The fraction of sp³-hybridized carbons (Fsp3) is 0.529. The number of rotatable bonds is 3. The van der Waals surface area contributed by atoms with Crippen molar-refractivity contribution in [2.45, 2.75) is 37.7 Å². The van der Waals surface area contributed by atoms with Gasteiger partial charge in [-0.05, 0) is 24.5 Å². The number of nitrogens with zero attached hydrogens (tertiary/aromatic N) is 1. The SMILES string of the molecule is CN(CC1CCCC1O)C(=O)C1CC(=O)Nc2ccccc21. The minimum atomic E-state index is -0.423. The second-order valence-electron chi connectivity index (χ2n) is 6.37. The van der Waals surface area contributed by atoms with Gasteiger partial charge in [0, 0.05) is 31.6 Å². The summed E-state index contributed by atoms with van der Waals surface area (Å²) in [6.07, 6.45) is 2.68. The lowest BCUT2D eigenvalue weighted by molar-refractivity contribution is -0.134. The van der Waals surface area contributed by atoms with Crippen LogP contribution < -0.4 is 5.32 Å². The van der Waals surface area contributed by atoms with Crippen molar-refractivity contribution in [1.82, 2.24) is 4.90 Å². The summed E-state index contributed by atoms with van der Waals surface area (Å²) in [4.78, 5) is 26.3. The zero-order chi connectivity index (χ0) is 15.7. The first-order valence-corrected chi connectivity index (χ1v) is 7.88. The third-order valence-electron chi connectivity index (χ3n) is 4.80. The monoisotopic (exact) mass is 302 g/mol. The fourth-order valence-corrected chi connectivity index (χ4v) is 3.57. The van der Waals surface area contributed by atoms with Crippen LogP contribution in [0.5, 0.6) is 0 Å². The highest BCUT2D eigenvalue weighted by atomic mass is 16.3. The molecule has 22 heavy (non-hydrogen) atoms. The molecule has 1 aromatic rings. The molecule has 1 saturated carbocycles. The van der Waals surface area contributed by atoms with Crippen LogP contribution in [-0.4, -0.2) is 41.5 Å². The first kappa shape index (κ1) is 15.0. The highest BCUT2D eigenvalue weighted by molar-refractivity contribution is 6.01. The number of para-hydroxylation sites is 1. The zero-order valence-corrected chi connectivity index (χ0v) is 12.8. The van der Waals surface area contributed by atoms with Crippen molar-refractivity contribution >= 4 is 17.5 Å². The molecule has 118 valence electrons. The van der Waals surface area contributed by atoms with Crippen LogP contribution in [0.3, 0.4) is 0 Å². The third kappa shape index (κ3) is 2.86. The van der Waals surface area contributed by atoms with Crippen molar-refractivity contribution in [3.8, 4) is 0 Å². The van der Waals surface area contributed by atoms with Crippen LogP contribution in [0.15, 0.2) is 24.3 Å². The average Bonchev–Trinajstić information content (AvgIpc) is 2.90. The van der Waals surface area contributed by atoms with Crippen molar-refractivity contribution in [3.63, 3.8) is 0 Å². The van der Waals surface area contributed by atoms with Crippen molar-refractivity contribution in [3.05, 3.63) is 29.8 Å². The average molecular weight is 302 g/mol. The summed E-state index contributed by atoms with van der Waals surface area (Å²) in [6, 6.07) is 7.46. The van der Waals surface area contributed by atoms with E-state index >= 15 is 0 Å². The molecule has 2 amide bonds. The third-order valence-corrected chi connectivity index (χ3v) is 4.80. The highest BCUT2D eigenvalue weighted by Gasteiger charge is 2.34. The van der Waals surface area contributed by atoms with Gasteiger partial charge in [0.05, 0.1) is 12.0 Å². The van der Waals surface area contributed by atoms with Crippen LogP contribution in [0.2, 0.25) is 0 Å². The maximum Gasteiger partial charge on any atom is 0.230 e. The molecule has 3 unspecified atom stereocenters. The summed E-state index contributed by atoms with van der Waals surface area (Å²) in [6.45, 7) is 0.556. The van der Waals surface area contributed by atoms with Gasteiger partial charge < -0.3 is 15.3 Å². The molecule has 1 heterocycles. The van der Waals surface area contributed by atoms with Gasteiger partial charge in [-0.2, -0.15) is 0 Å². The molecule has 5 nitrogen and oxygen atoms in total. The largest absolute Gasteiger partial charge is 0.393 e. The molecule has 0 spiro atoms. The van der Waals surface area contributed by atoms with E-state index in [2.05, 4.69) is 5.32 Å². The van der Waals surface area contributed by atoms with E-state index in [0.717, 1.165) is 30.5 Å². The first-order valence-electron chi connectivity index (χ1n) is 7.88. The van der Waals surface area contributed by atoms with Crippen LogP contribution in [0.4, 0.5) is 5.69 Å². The quantitative estimate of drug-likeness (QED) is 0.893. The molecule has 1 aliphatic carbocycles. The predicted molar refractivity (Wildman–Crippen MR) is 83.4 cm³/mol. The molecule has 0 bridgehead atoms. The van der Waals surface area contributed by atoms with Gasteiger partial charge in [-0.25, -0.2) is 0 Å². The molecule has 3 rings (SSSR count). The number of carbonyl (C=O) groups excluding carboxylic acids is 2. The second kappa shape index (κ2) is 6.08. The van der Waals surface area contributed by atoms with Crippen LogP contribution in [0.25, 0.3) is 0 Å². The van der Waals surface area contributed by atoms with E-state index in [0.29, 0.717) is 6.54 Å². The Labute approximate surface area is 130 Å². The molecule has 0 aromatic heterocycles. The van der Waals surface area contributed by atoms with E-state index in [4.69, 9.17) is 0 Å². The normalized spacial score (nSPS) is 27.2. The summed E-state index contributed by atoms with van der Waals surface area (Å²) in [5, 5.41) is 12.7. The fourth-order valence-electron chi connectivity index (χ4n) is 3.57. The number of fused-ring (bicyclic) bond motifs is 1. The number of likely N-dealkylation sites (N-methyl/N-ethyl adjacent to an activating group) is 1. The maximum absolute atomic E-state index is 12.8. The molecule has 2 aliphatic rings. The number of aliphatic hydroxyl groups is 1. The number of amides is 2. The minimum Gasteiger partial charge on any atom is -0.393 e. The highest BCUT2D eigenvalue weighted by Crippen LogP contribution is 2.34. The number of aliphatic hydroxyl groups excluding tert-OH is 1. The van der Waals surface area contributed by atoms with Crippen LogP contribution in [0.1, 0.15) is 37.2 Å². The Hall–Kier alpha value is -1.88. The van der Waals surface area contributed by atoms with Gasteiger partial charge in [-0.15, -0.1) is 0 Å². The van der Waals surface area contributed by atoms with Crippen molar-refractivity contribution in [2.24, 2.45) is 5.92 Å². The predicted octanol–water partition coefficient (Wildman–Crippen LogP) is 1.73. The summed E-state index contributed by atoms with van der Waals surface area (Å²) < 4.78 is 0. The zero-order valence-electron chi connectivity index (χ0n) is 12.8. The Morgan fingerprint density at radius 3 is 2.86 bits per heavy atom. The number of benzene rings is 1. The molecule has 3 atom stereocenters. The lowest BCUT2D eigenvalue weighted by Crippen LogP contribution is -2.39. The topological polar surface area (TPSA) is 69.6 Å². The van der Waals surface area contributed by atoms with Crippen LogP contribution in [0, 0.1) is 5.92 Å². The molecule has 0 saturated heterocycles. The van der Waals surface area contributed by atoms with E-state index in [1.54, 1.807) is 11.9 Å². The van der Waals surface area contributed by atoms with Gasteiger partial charge in [-0.3, -0.25) is 9.59 Å². The van der Waals surface area contributed by atoms with Gasteiger partial charge in [0.2, 0.25) is 11.8 Å². The lowest BCUT2D eigenvalue weighted by atomic mass is 9.89. The number of hydrogen-bond acceptors (Lipinski definition) is 3. The Kier molecular flexibility index (Phi) is 4.16. The molecule has 1 fully saturated rings. The molecular formula is C17H22N2O3. The molecular weight excluding hydrogens is 280 g/mol. The van der Waals surface area contributed by atoms with E-state index in [1.165, 1.54) is 0 Å². The Bertz CT molecular complexity index is 587. The van der Waals surface area contributed by atoms with Crippen molar-refractivity contribution in [1.29, 1.82) is 0 Å². The first-order chi connectivity index (χ1) is 10.6. The van der Waals surface area contributed by atoms with E-state index in [9.17, 15) is 14.7 Å². The van der Waals surface area contributed by atoms with Gasteiger partial charge in [-0.1, -0.05) is 24.6 Å². The number of carbonyl (C=O) groups is 2. The van der Waals surface area contributed by atoms with Gasteiger partial charge in [0.1, 0.15) is 0 Å². The molecule has 1 aromatic carbocycles. The minimum absolute atomic E-state index is 0.0404. The van der Waals surface area contributed by atoms with Crippen LogP contribution >= 0.6 is 0 Å². The number of nitrogens with one attached hydrogen (secondary N) is 1. The second-order valence-corrected chi connectivity index (χ2v) is 6.37. The van der Waals surface area contributed by atoms with Crippen molar-refractivity contribution in [2.75, 3.05) is 18.9 Å². The summed E-state index contributed by atoms with van der Waals surface area (Å²) in [7, 11) is 1.77. The van der Waals surface area contributed by atoms with E-state index in [1.807, 2.05) is 24.3 Å². The van der Waals surface area contributed by atoms with E-state index < -0.39 is 5.92 Å². The van der Waals surface area contributed by atoms with Gasteiger partial charge >= 0.3 is 0 Å². The maximum atomic E-state index is 12.8. The van der Waals surface area contributed by atoms with Gasteiger partial charge in [0.25, 0.3) is 0 Å². The van der Waals surface area contributed by atoms with Crippen molar-refractivity contribution < 1.29 is 14.7 Å². The Balaban J connectivity index is 1.75. The summed E-state index contributed by atoms with van der Waals surface area (Å²) in [5.41, 5.74) is 1.61. The number of hydrogen-bond donors (Lipinski definition) is 2. The standard InChI is InChI=1S/C17H22N2O3/c1-19(10-11-5-4-8-15(11)20)17(22)13-9-16(21)18-14-7-3-2-6-12(13)14/h2-3,6-7,11,13,15,20H,4-5,8-10H2,1H3,(H,18,21). The van der Waals surface area contributed by atoms with Gasteiger partial charge in [0.15, 0.2) is 0 Å². The summed E-state index contributed by atoms with van der Waals surface area (Å²) >= 11 is 0. The molecule has 5 heteroatoms. The van der Waals surface area contributed by atoms with Crippen LogP contribution in [-0.2, 0) is 9.59 Å². The molecule has 2 N–H and O–H groups in total. The smallest absolute Gasteiger partial charge is 0.230 e. The Morgan fingerprint density at radius 1 is 1.36 bits per heavy atom. The number of anilines is 1. The molecule has 0 radical (unpaired) electrons. The molecule has 1 aliphatic heterocycles. The lowest BCUT2D eigenvalue weighted by Gasteiger charge is -2.30. The van der Waals surface area contributed by atoms with E-state index in [-0.39, 0.29) is 30.3 Å². The summed E-state index contributed by atoms with van der Waals surface area (Å²) in [5.74, 6) is -0.428.